The Hall–Kier alpha value is -3.65. The van der Waals surface area contributed by atoms with Crippen LogP contribution in [0.3, 0.4) is 0 Å². The molecular formula is C25H21F2N3O3. The fraction of sp³-hybridized carbons (Fsp3) is 0.240. The predicted molar refractivity (Wildman–Crippen MR) is 118 cm³/mol. The van der Waals surface area contributed by atoms with Gasteiger partial charge in [0, 0.05) is 23.7 Å². The molecule has 0 N–H and O–H groups in total. The van der Waals surface area contributed by atoms with Crippen LogP contribution in [0.2, 0.25) is 0 Å². The van der Waals surface area contributed by atoms with Gasteiger partial charge in [-0.3, -0.25) is 4.79 Å². The topological polar surface area (TPSA) is 68.5 Å². The van der Waals surface area contributed by atoms with Gasteiger partial charge in [0.25, 0.3) is 11.6 Å². The van der Waals surface area contributed by atoms with Crippen molar-refractivity contribution >= 4 is 17.0 Å². The van der Waals surface area contributed by atoms with Crippen molar-refractivity contribution in [2.75, 3.05) is 19.7 Å². The summed E-state index contributed by atoms with van der Waals surface area (Å²) in [6.45, 7) is 4.45. The van der Waals surface area contributed by atoms with E-state index in [1.165, 1.54) is 12.1 Å². The minimum atomic E-state index is -0.697. The number of halogens is 2. The zero-order valence-electron chi connectivity index (χ0n) is 18.1. The lowest BCUT2D eigenvalue weighted by molar-refractivity contribution is -0.0242. The number of hydrogen-bond acceptors (Lipinski definition) is 5. The first kappa shape index (κ1) is 21.2. The number of pyridine rings is 1. The Morgan fingerprint density at radius 1 is 1.09 bits per heavy atom. The molecule has 1 aliphatic heterocycles. The second kappa shape index (κ2) is 8.37. The Morgan fingerprint density at radius 3 is 2.64 bits per heavy atom. The van der Waals surface area contributed by atoms with Gasteiger partial charge >= 0.3 is 0 Å². The van der Waals surface area contributed by atoms with Gasteiger partial charge in [0.2, 0.25) is 0 Å². The van der Waals surface area contributed by atoms with Crippen LogP contribution in [0.4, 0.5) is 8.78 Å². The molecule has 4 aromatic rings. The van der Waals surface area contributed by atoms with E-state index >= 15 is 0 Å². The van der Waals surface area contributed by atoms with Crippen molar-refractivity contribution in [3.05, 3.63) is 82.5 Å². The minimum absolute atomic E-state index is 0.134. The van der Waals surface area contributed by atoms with Crippen LogP contribution in [0, 0.1) is 25.5 Å². The molecule has 2 aromatic heterocycles. The van der Waals surface area contributed by atoms with E-state index in [1.807, 2.05) is 31.2 Å². The number of ether oxygens (including phenoxy) is 1. The molecule has 0 bridgehead atoms. The number of carbonyl (C=O) groups is 1. The zero-order chi connectivity index (χ0) is 23.1. The molecule has 0 aliphatic carbocycles. The molecular weight excluding hydrogens is 428 g/mol. The quantitative estimate of drug-likeness (QED) is 0.440. The monoisotopic (exact) mass is 449 g/mol. The van der Waals surface area contributed by atoms with Crippen LogP contribution >= 0.6 is 0 Å². The van der Waals surface area contributed by atoms with Crippen molar-refractivity contribution in [3.63, 3.8) is 0 Å². The lowest BCUT2D eigenvalue weighted by Gasteiger charge is -2.33. The summed E-state index contributed by atoms with van der Waals surface area (Å²) in [5, 5.41) is 4.55. The summed E-state index contributed by atoms with van der Waals surface area (Å²) in [5.41, 5.74) is 4.02. The highest BCUT2D eigenvalue weighted by Crippen LogP contribution is 2.30. The molecule has 6 nitrogen and oxygen atoms in total. The van der Waals surface area contributed by atoms with Gasteiger partial charge in [0.15, 0.2) is 0 Å². The van der Waals surface area contributed by atoms with E-state index in [0.29, 0.717) is 28.9 Å². The maximum atomic E-state index is 14.3. The molecule has 0 spiro atoms. The highest BCUT2D eigenvalue weighted by Gasteiger charge is 2.30. The van der Waals surface area contributed by atoms with Crippen molar-refractivity contribution in [2.24, 2.45) is 0 Å². The van der Waals surface area contributed by atoms with Gasteiger partial charge in [-0.25, -0.2) is 13.8 Å². The van der Waals surface area contributed by atoms with Crippen molar-refractivity contribution in [2.45, 2.75) is 20.0 Å². The molecule has 1 atom stereocenters. The largest absolute Gasteiger partial charge is 0.370 e. The number of aryl methyl sites for hydroxylation is 2. The second-order valence-corrected chi connectivity index (χ2v) is 8.15. The molecule has 1 amide bonds. The van der Waals surface area contributed by atoms with Gasteiger partial charge in [-0.15, -0.1) is 0 Å². The number of rotatable bonds is 3. The standard InChI is InChI=1S/C25H21F2N3O3/c1-14-3-5-16(6-4-14)21-12-19(23-15(2)29-33-24(23)28-21)25(31)30-9-10-32-22(13-30)18-8-7-17(26)11-20(18)27/h3-8,11-12,22H,9-10,13H2,1-2H3. The van der Waals surface area contributed by atoms with Gasteiger partial charge in [0.05, 0.1) is 35.5 Å². The van der Waals surface area contributed by atoms with Gasteiger partial charge in [0.1, 0.15) is 17.7 Å². The third-order valence-corrected chi connectivity index (χ3v) is 5.86. The summed E-state index contributed by atoms with van der Waals surface area (Å²) < 4.78 is 38.7. The predicted octanol–water partition coefficient (Wildman–Crippen LogP) is 5.00. The average Bonchev–Trinajstić information content (AvgIpc) is 3.19. The molecule has 33 heavy (non-hydrogen) atoms. The Balaban J connectivity index is 1.52. The Kier molecular flexibility index (Phi) is 5.38. The summed E-state index contributed by atoms with van der Waals surface area (Å²) in [6.07, 6.45) is -0.694. The maximum Gasteiger partial charge on any atom is 0.259 e. The third-order valence-electron chi connectivity index (χ3n) is 5.86. The first-order valence-electron chi connectivity index (χ1n) is 10.6. The smallest absolute Gasteiger partial charge is 0.259 e. The van der Waals surface area contributed by atoms with Gasteiger partial charge < -0.3 is 14.2 Å². The molecule has 1 saturated heterocycles. The van der Waals surface area contributed by atoms with E-state index in [-0.39, 0.29) is 30.3 Å². The summed E-state index contributed by atoms with van der Waals surface area (Å²) in [6, 6.07) is 12.9. The van der Waals surface area contributed by atoms with Crippen LogP contribution in [-0.2, 0) is 4.74 Å². The highest BCUT2D eigenvalue weighted by molar-refractivity contribution is 6.07. The summed E-state index contributed by atoms with van der Waals surface area (Å²) >= 11 is 0. The summed E-state index contributed by atoms with van der Waals surface area (Å²) in [4.78, 5) is 19.8. The molecule has 8 heteroatoms. The van der Waals surface area contributed by atoms with Gasteiger partial charge in [-0.05, 0) is 26.0 Å². The van der Waals surface area contributed by atoms with Crippen LogP contribution in [0.5, 0.6) is 0 Å². The molecule has 1 aliphatic rings. The zero-order valence-corrected chi connectivity index (χ0v) is 18.1. The van der Waals surface area contributed by atoms with Crippen molar-refractivity contribution in [1.82, 2.24) is 15.0 Å². The lowest BCUT2D eigenvalue weighted by Crippen LogP contribution is -2.42. The number of morpholine rings is 1. The first-order chi connectivity index (χ1) is 15.9. The maximum absolute atomic E-state index is 14.3. The van der Waals surface area contributed by atoms with E-state index < -0.39 is 17.7 Å². The molecule has 3 heterocycles. The van der Waals surface area contributed by atoms with Crippen LogP contribution in [0.1, 0.15) is 33.3 Å². The van der Waals surface area contributed by atoms with Crippen molar-refractivity contribution in [1.29, 1.82) is 0 Å². The van der Waals surface area contributed by atoms with Crippen molar-refractivity contribution in [3.8, 4) is 11.3 Å². The highest BCUT2D eigenvalue weighted by atomic mass is 19.1. The van der Waals surface area contributed by atoms with Crippen molar-refractivity contribution < 1.29 is 22.8 Å². The van der Waals surface area contributed by atoms with E-state index in [0.717, 1.165) is 17.2 Å². The van der Waals surface area contributed by atoms with Crippen LogP contribution in [0.15, 0.2) is 53.1 Å². The SMILES string of the molecule is Cc1ccc(-c2cc(C(=O)N3CCOC(c4ccc(F)cc4F)C3)c3c(C)noc3n2)cc1. The summed E-state index contributed by atoms with van der Waals surface area (Å²) in [5.74, 6) is -1.61. The van der Waals surface area contributed by atoms with E-state index in [9.17, 15) is 13.6 Å². The third kappa shape index (κ3) is 3.98. The number of carbonyl (C=O) groups excluding carboxylic acids is 1. The van der Waals surface area contributed by atoms with Crippen LogP contribution in [0.25, 0.3) is 22.4 Å². The molecule has 0 saturated carbocycles. The first-order valence-corrected chi connectivity index (χ1v) is 10.6. The lowest BCUT2D eigenvalue weighted by atomic mass is 10.0. The number of nitrogens with zero attached hydrogens (tertiary/aromatic N) is 3. The summed E-state index contributed by atoms with van der Waals surface area (Å²) in [7, 11) is 0. The van der Waals surface area contributed by atoms with E-state index in [1.54, 1.807) is 17.9 Å². The molecule has 1 unspecified atom stereocenters. The Bertz CT molecular complexity index is 1350. The normalized spacial score (nSPS) is 16.4. The van der Waals surface area contributed by atoms with Gasteiger partial charge in [-0.2, -0.15) is 0 Å². The van der Waals surface area contributed by atoms with Gasteiger partial charge in [-0.1, -0.05) is 41.1 Å². The number of benzene rings is 2. The molecule has 0 radical (unpaired) electrons. The number of hydrogen-bond donors (Lipinski definition) is 0. The number of fused-ring (bicyclic) bond motifs is 1. The fourth-order valence-electron chi connectivity index (χ4n) is 4.09. The minimum Gasteiger partial charge on any atom is -0.370 e. The molecule has 168 valence electrons. The van der Waals surface area contributed by atoms with Crippen LogP contribution in [-0.4, -0.2) is 40.6 Å². The molecule has 2 aromatic carbocycles. The average molecular weight is 449 g/mol. The number of amides is 1. The molecule has 5 rings (SSSR count). The van der Waals surface area contributed by atoms with E-state index in [4.69, 9.17) is 9.26 Å². The Morgan fingerprint density at radius 2 is 1.88 bits per heavy atom. The molecule has 1 fully saturated rings. The second-order valence-electron chi connectivity index (χ2n) is 8.15. The Labute approximate surface area is 188 Å². The fourth-order valence-corrected chi connectivity index (χ4v) is 4.09. The van der Waals surface area contributed by atoms with Crippen LogP contribution < -0.4 is 0 Å². The number of aromatic nitrogens is 2. The van der Waals surface area contributed by atoms with E-state index in [2.05, 4.69) is 10.1 Å².